The predicted octanol–water partition coefficient (Wildman–Crippen LogP) is 2.92. The number of hydrogen-bond donors (Lipinski definition) is 0. The number of hydrogen-bond acceptors (Lipinski definition) is 0. The lowest BCUT2D eigenvalue weighted by atomic mass is 10.3. The molecule has 0 unspecified atom stereocenters. The van der Waals surface area contributed by atoms with E-state index in [-0.39, 0.29) is 0 Å². The van der Waals surface area contributed by atoms with Crippen LogP contribution in [0.5, 0.6) is 0 Å². The zero-order valence-electron chi connectivity index (χ0n) is 6.72. The fourth-order valence-electron chi connectivity index (χ4n) is 0.471. The Hall–Kier alpha value is -0.960. The van der Waals surface area contributed by atoms with E-state index in [1.165, 1.54) is 0 Å². The molecule has 0 amide bonds. The molecule has 0 saturated carbocycles. The van der Waals surface area contributed by atoms with Crippen molar-refractivity contribution in [1.29, 1.82) is 0 Å². The van der Waals surface area contributed by atoms with E-state index in [1.807, 2.05) is 25.2 Å². The van der Waals surface area contributed by atoms with Gasteiger partial charge in [-0.3, -0.25) is 0 Å². The first-order valence-corrected chi connectivity index (χ1v) is 3.66. The molecular weight excluding hydrogens is 120 g/mol. The third-order valence-electron chi connectivity index (χ3n) is 0.995. The van der Waals surface area contributed by atoms with E-state index < -0.39 is 0 Å². The van der Waals surface area contributed by atoms with Gasteiger partial charge in [-0.15, -0.1) is 0 Å². The molecule has 54 valence electrons. The van der Waals surface area contributed by atoms with E-state index in [1.54, 1.807) is 0 Å². The van der Waals surface area contributed by atoms with Crippen molar-refractivity contribution >= 4 is 0 Å². The van der Waals surface area contributed by atoms with Crippen LogP contribution in [0, 0.1) is 11.8 Å². The molecule has 0 aliphatic carbocycles. The zero-order valence-corrected chi connectivity index (χ0v) is 6.72. The molecule has 0 aromatic heterocycles. The topological polar surface area (TPSA) is 0 Å². The van der Waals surface area contributed by atoms with Crippen LogP contribution < -0.4 is 0 Å². The lowest BCUT2D eigenvalue weighted by Crippen LogP contribution is -1.57. The Morgan fingerprint density at radius 3 is 2.70 bits per heavy atom. The van der Waals surface area contributed by atoms with Gasteiger partial charge < -0.3 is 0 Å². The average Bonchev–Trinajstić information content (AvgIpc) is 1.97. The smallest absolute Gasteiger partial charge is 0.0273 e. The van der Waals surface area contributed by atoms with Crippen LogP contribution in [0.3, 0.4) is 0 Å². The van der Waals surface area contributed by atoms with E-state index in [2.05, 4.69) is 24.8 Å². The SMILES string of the molecule is CC=CCC#CC=CCC. The number of rotatable bonds is 2. The van der Waals surface area contributed by atoms with E-state index in [9.17, 15) is 0 Å². The summed E-state index contributed by atoms with van der Waals surface area (Å²) in [4.78, 5) is 0. The first-order valence-electron chi connectivity index (χ1n) is 3.66. The summed E-state index contributed by atoms with van der Waals surface area (Å²) in [6, 6.07) is 0. The summed E-state index contributed by atoms with van der Waals surface area (Å²) >= 11 is 0. The highest BCUT2D eigenvalue weighted by atomic mass is 13.7. The van der Waals surface area contributed by atoms with Crippen LogP contribution in [0.2, 0.25) is 0 Å². The Kier molecular flexibility index (Phi) is 7.27. The zero-order chi connectivity index (χ0) is 7.66. The maximum atomic E-state index is 3.00. The second kappa shape index (κ2) is 8.04. The van der Waals surface area contributed by atoms with Gasteiger partial charge in [0.05, 0.1) is 0 Å². The Balaban J connectivity index is 3.40. The minimum Gasteiger partial charge on any atom is -0.0944 e. The molecular formula is C10H14. The van der Waals surface area contributed by atoms with Crippen molar-refractivity contribution in [2.24, 2.45) is 0 Å². The lowest BCUT2D eigenvalue weighted by Gasteiger charge is -1.72. The van der Waals surface area contributed by atoms with E-state index in [4.69, 9.17) is 0 Å². The maximum absolute atomic E-state index is 3.00. The molecule has 0 saturated heterocycles. The van der Waals surface area contributed by atoms with Crippen molar-refractivity contribution < 1.29 is 0 Å². The van der Waals surface area contributed by atoms with Crippen molar-refractivity contribution in [3.05, 3.63) is 24.3 Å². The normalized spacial score (nSPS) is 10.2. The van der Waals surface area contributed by atoms with E-state index in [0.29, 0.717) is 0 Å². The van der Waals surface area contributed by atoms with Crippen molar-refractivity contribution in [3.63, 3.8) is 0 Å². The van der Waals surface area contributed by atoms with Gasteiger partial charge in [0, 0.05) is 6.42 Å². The lowest BCUT2D eigenvalue weighted by molar-refractivity contribution is 1.23. The van der Waals surface area contributed by atoms with Crippen LogP contribution in [0.15, 0.2) is 24.3 Å². The van der Waals surface area contributed by atoms with E-state index in [0.717, 1.165) is 12.8 Å². The standard InChI is InChI=1S/C10H14/c1-3-5-7-9-10-8-6-4-2/h3,5-6,8H,4,7H2,1-2H3. The monoisotopic (exact) mass is 134 g/mol. The van der Waals surface area contributed by atoms with Gasteiger partial charge in [-0.1, -0.05) is 37.0 Å². The van der Waals surface area contributed by atoms with E-state index >= 15 is 0 Å². The minimum absolute atomic E-state index is 0.866. The van der Waals surface area contributed by atoms with Gasteiger partial charge >= 0.3 is 0 Å². The second-order valence-electron chi connectivity index (χ2n) is 1.90. The third-order valence-corrected chi connectivity index (χ3v) is 0.995. The summed E-state index contributed by atoms with van der Waals surface area (Å²) in [5, 5.41) is 0. The molecule has 0 rings (SSSR count). The molecule has 10 heavy (non-hydrogen) atoms. The van der Waals surface area contributed by atoms with Gasteiger partial charge in [-0.25, -0.2) is 0 Å². The molecule has 0 aliphatic heterocycles. The first kappa shape index (κ1) is 9.04. The molecule has 0 fully saturated rings. The molecule has 0 aliphatic rings. The fourth-order valence-corrected chi connectivity index (χ4v) is 0.471. The largest absolute Gasteiger partial charge is 0.0944 e. The summed E-state index contributed by atoms with van der Waals surface area (Å²) < 4.78 is 0. The van der Waals surface area contributed by atoms with Gasteiger partial charge in [0.1, 0.15) is 0 Å². The molecule has 0 aromatic rings. The molecule has 0 heterocycles. The highest BCUT2D eigenvalue weighted by molar-refractivity contribution is 5.16. The average molecular weight is 134 g/mol. The van der Waals surface area contributed by atoms with Crippen molar-refractivity contribution in [1.82, 2.24) is 0 Å². The van der Waals surface area contributed by atoms with Crippen LogP contribution in [-0.4, -0.2) is 0 Å². The fraction of sp³-hybridized carbons (Fsp3) is 0.400. The Labute approximate surface area is 63.6 Å². The maximum Gasteiger partial charge on any atom is 0.0273 e. The molecule has 0 spiro atoms. The Bertz CT molecular complexity index is 162. The van der Waals surface area contributed by atoms with Crippen LogP contribution in [0.25, 0.3) is 0 Å². The van der Waals surface area contributed by atoms with Gasteiger partial charge in [0.25, 0.3) is 0 Å². The van der Waals surface area contributed by atoms with Crippen LogP contribution in [0.1, 0.15) is 26.7 Å². The number of allylic oxidation sites excluding steroid dienone is 4. The highest BCUT2D eigenvalue weighted by Crippen LogP contribution is 1.80. The summed E-state index contributed by atoms with van der Waals surface area (Å²) in [7, 11) is 0. The Morgan fingerprint density at radius 2 is 2.10 bits per heavy atom. The highest BCUT2D eigenvalue weighted by Gasteiger charge is 1.63. The second-order valence-corrected chi connectivity index (χ2v) is 1.90. The summed E-state index contributed by atoms with van der Waals surface area (Å²) in [6.07, 6.45) is 9.96. The summed E-state index contributed by atoms with van der Waals surface area (Å²) in [5.74, 6) is 5.94. The molecule has 0 nitrogen and oxygen atoms in total. The van der Waals surface area contributed by atoms with Gasteiger partial charge in [0.15, 0.2) is 0 Å². The summed E-state index contributed by atoms with van der Waals surface area (Å²) in [5.41, 5.74) is 0. The quantitative estimate of drug-likeness (QED) is 0.402. The predicted molar refractivity (Wildman–Crippen MR) is 46.6 cm³/mol. The van der Waals surface area contributed by atoms with Crippen molar-refractivity contribution in [3.8, 4) is 11.8 Å². The first-order chi connectivity index (χ1) is 4.91. The molecule has 0 heteroatoms. The van der Waals surface area contributed by atoms with Gasteiger partial charge in [-0.2, -0.15) is 0 Å². The molecule has 0 N–H and O–H groups in total. The molecule has 0 radical (unpaired) electrons. The minimum atomic E-state index is 0.866. The Morgan fingerprint density at radius 1 is 1.30 bits per heavy atom. The van der Waals surface area contributed by atoms with Crippen LogP contribution in [-0.2, 0) is 0 Å². The third kappa shape index (κ3) is 7.04. The molecule has 0 atom stereocenters. The van der Waals surface area contributed by atoms with Crippen LogP contribution >= 0.6 is 0 Å². The van der Waals surface area contributed by atoms with Gasteiger partial charge in [0.2, 0.25) is 0 Å². The van der Waals surface area contributed by atoms with Crippen LogP contribution in [0.4, 0.5) is 0 Å². The van der Waals surface area contributed by atoms with Gasteiger partial charge in [-0.05, 0) is 19.4 Å². The van der Waals surface area contributed by atoms with Crippen molar-refractivity contribution in [2.45, 2.75) is 26.7 Å². The summed E-state index contributed by atoms with van der Waals surface area (Å²) in [6.45, 7) is 4.10. The van der Waals surface area contributed by atoms with Crippen molar-refractivity contribution in [2.75, 3.05) is 0 Å². The molecule has 0 bridgehead atoms. The molecule has 0 aromatic carbocycles.